The zero-order valence-corrected chi connectivity index (χ0v) is 14.3. The number of phenolic OH excluding ortho intramolecular Hbond substituents is 1. The fourth-order valence-corrected chi connectivity index (χ4v) is 3.16. The Bertz CT molecular complexity index is 1050. The summed E-state index contributed by atoms with van der Waals surface area (Å²) in [6.45, 7) is 0. The molecule has 28 heavy (non-hydrogen) atoms. The molecule has 1 N–H and O–H groups in total. The van der Waals surface area contributed by atoms with E-state index >= 15 is 0 Å². The van der Waals surface area contributed by atoms with Crippen molar-refractivity contribution in [1.29, 1.82) is 0 Å². The molecular weight excluding hydrogens is 370 g/mol. The van der Waals surface area contributed by atoms with Crippen molar-refractivity contribution in [2.75, 3.05) is 0 Å². The molecule has 3 aromatic rings. The summed E-state index contributed by atoms with van der Waals surface area (Å²) >= 11 is 0. The molecule has 0 bridgehead atoms. The molecule has 0 amide bonds. The Hall–Kier alpha value is -4.08. The zero-order valence-electron chi connectivity index (χ0n) is 14.3. The van der Waals surface area contributed by atoms with Crippen LogP contribution in [0.15, 0.2) is 48.5 Å². The maximum Gasteiger partial charge on any atom is 0.324 e. The predicted molar refractivity (Wildman–Crippen MR) is 99.4 cm³/mol. The van der Waals surface area contributed by atoms with Gasteiger partial charge in [0.05, 0.1) is 26.9 Å². The van der Waals surface area contributed by atoms with Gasteiger partial charge in [0.25, 0.3) is 11.4 Å². The average molecular weight is 383 g/mol. The van der Waals surface area contributed by atoms with Gasteiger partial charge in [-0.15, -0.1) is 0 Å². The second-order valence-electron chi connectivity index (χ2n) is 6.04. The molecule has 0 heterocycles. The lowest BCUT2D eigenvalue weighted by molar-refractivity contribution is -0.404. The van der Waals surface area contributed by atoms with E-state index in [0.717, 1.165) is 0 Å². The highest BCUT2D eigenvalue weighted by Gasteiger charge is 2.30. The summed E-state index contributed by atoms with van der Waals surface area (Å²) in [6.07, 6.45) is 2.47. The standard InChI is InChI=1S/C12H10.C6H3N3O7/c1-3-9-4-2-6-11-8-7-10(5-1)12(9)11;10-6-4(8(13)14)1-3(7(11)12)2-5(6)9(15)16/h1-6H,7-8H2;1-2,10H. The number of phenols is 1. The Balaban J connectivity index is 0.000000166. The summed E-state index contributed by atoms with van der Waals surface area (Å²) in [7, 11) is 0. The minimum atomic E-state index is -1.21. The van der Waals surface area contributed by atoms with Crippen LogP contribution in [0.2, 0.25) is 0 Å². The quantitative estimate of drug-likeness (QED) is 0.529. The first-order chi connectivity index (χ1) is 13.3. The average Bonchev–Trinajstić information content (AvgIpc) is 3.07. The van der Waals surface area contributed by atoms with Crippen LogP contribution in [0, 0.1) is 30.3 Å². The van der Waals surface area contributed by atoms with Gasteiger partial charge >= 0.3 is 11.4 Å². The number of nitro groups is 3. The molecule has 3 aromatic carbocycles. The topological polar surface area (TPSA) is 150 Å². The molecule has 0 aliphatic heterocycles. The van der Waals surface area contributed by atoms with Crippen LogP contribution in [0.4, 0.5) is 17.1 Å². The van der Waals surface area contributed by atoms with Crippen LogP contribution in [-0.2, 0) is 12.8 Å². The van der Waals surface area contributed by atoms with Gasteiger partial charge in [-0.05, 0) is 34.7 Å². The molecule has 0 fully saturated rings. The van der Waals surface area contributed by atoms with Crippen molar-refractivity contribution in [3.63, 3.8) is 0 Å². The van der Waals surface area contributed by atoms with Gasteiger partial charge in [0.15, 0.2) is 0 Å². The van der Waals surface area contributed by atoms with Crippen LogP contribution < -0.4 is 0 Å². The number of nitro benzene ring substituents is 3. The van der Waals surface area contributed by atoms with Crippen molar-refractivity contribution >= 4 is 27.8 Å². The van der Waals surface area contributed by atoms with Gasteiger partial charge < -0.3 is 5.11 Å². The monoisotopic (exact) mass is 383 g/mol. The number of aryl methyl sites for hydroxylation is 2. The largest absolute Gasteiger partial charge is 0.497 e. The second kappa shape index (κ2) is 7.27. The highest BCUT2D eigenvalue weighted by molar-refractivity contribution is 5.90. The summed E-state index contributed by atoms with van der Waals surface area (Å²) in [5, 5.41) is 43.1. The molecule has 1 aliphatic carbocycles. The third kappa shape index (κ3) is 3.43. The van der Waals surface area contributed by atoms with Crippen molar-refractivity contribution in [1.82, 2.24) is 0 Å². The second-order valence-corrected chi connectivity index (χ2v) is 6.04. The molecule has 10 heteroatoms. The molecule has 0 aromatic heterocycles. The summed E-state index contributed by atoms with van der Waals surface area (Å²) in [5.74, 6) is -1.21. The van der Waals surface area contributed by atoms with Gasteiger partial charge in [0.1, 0.15) is 0 Å². The number of nitrogens with zero attached hydrogens (tertiary/aromatic N) is 3. The SMILES string of the molecule is O=[N+]([O-])c1cc([N+](=O)[O-])c(O)c([N+](=O)[O-])c1.c1cc2c3c(cccc3c1)CC2. The number of rotatable bonds is 3. The Morgan fingerprint density at radius 1 is 0.750 bits per heavy atom. The molecule has 1 aliphatic rings. The van der Waals surface area contributed by atoms with Crippen molar-refractivity contribution in [2.45, 2.75) is 12.8 Å². The smallest absolute Gasteiger partial charge is 0.324 e. The van der Waals surface area contributed by atoms with Gasteiger partial charge in [0.2, 0.25) is 0 Å². The molecular formula is C18H13N3O7. The first-order valence-corrected chi connectivity index (χ1v) is 8.09. The normalized spacial score (nSPS) is 11.6. The maximum absolute atomic E-state index is 10.4. The van der Waals surface area contributed by atoms with E-state index in [1.165, 1.54) is 34.7 Å². The van der Waals surface area contributed by atoms with Crippen LogP contribution in [-0.4, -0.2) is 19.9 Å². The lowest BCUT2D eigenvalue weighted by atomic mass is 10.1. The molecule has 0 spiro atoms. The lowest BCUT2D eigenvalue weighted by Gasteiger charge is -1.99. The Morgan fingerprint density at radius 3 is 1.61 bits per heavy atom. The van der Waals surface area contributed by atoms with Crippen molar-refractivity contribution < 1.29 is 19.9 Å². The van der Waals surface area contributed by atoms with E-state index in [1.807, 2.05) is 0 Å². The molecule has 0 saturated carbocycles. The molecule has 0 radical (unpaired) electrons. The zero-order chi connectivity index (χ0) is 20.4. The molecule has 142 valence electrons. The number of hydrogen-bond donors (Lipinski definition) is 1. The molecule has 0 atom stereocenters. The van der Waals surface area contributed by atoms with E-state index in [4.69, 9.17) is 5.11 Å². The van der Waals surface area contributed by atoms with E-state index in [0.29, 0.717) is 12.1 Å². The number of non-ortho nitro benzene ring substituents is 1. The highest BCUT2D eigenvalue weighted by Crippen LogP contribution is 2.39. The van der Waals surface area contributed by atoms with Gasteiger partial charge in [-0.2, -0.15) is 0 Å². The first kappa shape index (κ1) is 18.7. The van der Waals surface area contributed by atoms with Crippen LogP contribution in [0.25, 0.3) is 10.8 Å². The van der Waals surface area contributed by atoms with Gasteiger partial charge in [-0.3, -0.25) is 30.3 Å². The van der Waals surface area contributed by atoms with Crippen molar-refractivity contribution in [2.24, 2.45) is 0 Å². The minimum Gasteiger partial charge on any atom is -0.497 e. The third-order valence-electron chi connectivity index (χ3n) is 4.40. The van der Waals surface area contributed by atoms with Gasteiger partial charge in [0, 0.05) is 0 Å². The molecule has 0 saturated heterocycles. The van der Waals surface area contributed by atoms with Crippen LogP contribution >= 0.6 is 0 Å². The van der Waals surface area contributed by atoms with Crippen molar-refractivity contribution in [3.05, 3.63) is 90.0 Å². The van der Waals surface area contributed by atoms with E-state index in [-0.39, 0.29) is 0 Å². The fraction of sp³-hybridized carbons (Fsp3) is 0.111. The lowest BCUT2D eigenvalue weighted by Crippen LogP contribution is -1.97. The molecule has 10 nitrogen and oxygen atoms in total. The number of aromatic hydroxyl groups is 1. The third-order valence-corrected chi connectivity index (χ3v) is 4.40. The van der Waals surface area contributed by atoms with Crippen molar-refractivity contribution in [3.8, 4) is 5.75 Å². The van der Waals surface area contributed by atoms with Gasteiger partial charge in [-0.1, -0.05) is 36.4 Å². The Morgan fingerprint density at radius 2 is 1.21 bits per heavy atom. The van der Waals surface area contributed by atoms with E-state index in [1.54, 1.807) is 0 Å². The minimum absolute atomic E-state index is 0.447. The Kier molecular flexibility index (Phi) is 4.86. The van der Waals surface area contributed by atoms with E-state index in [2.05, 4.69) is 36.4 Å². The number of hydrogen-bond acceptors (Lipinski definition) is 7. The summed E-state index contributed by atoms with van der Waals surface area (Å²) in [5.41, 5.74) is 0.0594. The number of benzene rings is 3. The fourth-order valence-electron chi connectivity index (χ4n) is 3.16. The van der Waals surface area contributed by atoms with E-state index < -0.39 is 37.6 Å². The van der Waals surface area contributed by atoms with Crippen LogP contribution in [0.1, 0.15) is 11.1 Å². The Labute approximate surface area is 157 Å². The summed E-state index contributed by atoms with van der Waals surface area (Å²) < 4.78 is 0. The molecule has 4 rings (SSSR count). The summed E-state index contributed by atoms with van der Waals surface area (Å²) in [4.78, 5) is 27.8. The van der Waals surface area contributed by atoms with Gasteiger partial charge in [-0.25, -0.2) is 0 Å². The molecule has 0 unspecified atom stereocenters. The summed E-state index contributed by atoms with van der Waals surface area (Å²) in [6, 6.07) is 14.1. The first-order valence-electron chi connectivity index (χ1n) is 8.09. The van der Waals surface area contributed by atoms with E-state index in [9.17, 15) is 30.3 Å². The maximum atomic E-state index is 10.4. The van der Waals surface area contributed by atoms with Crippen LogP contribution in [0.5, 0.6) is 5.75 Å². The van der Waals surface area contributed by atoms with Crippen LogP contribution in [0.3, 0.4) is 0 Å². The highest BCUT2D eigenvalue weighted by atomic mass is 16.6. The predicted octanol–water partition coefficient (Wildman–Crippen LogP) is 4.06.